The van der Waals surface area contributed by atoms with Gasteiger partial charge in [-0.2, -0.15) is 13.2 Å². The molecule has 170 valence electrons. The van der Waals surface area contributed by atoms with E-state index in [1.54, 1.807) is 12.1 Å². The minimum absolute atomic E-state index is 0.218. The number of pyridine rings is 1. The highest BCUT2D eigenvalue weighted by molar-refractivity contribution is 5.79. The minimum Gasteiger partial charge on any atom is -0.322 e. The molecule has 4 aromatic rings. The number of H-pyrrole nitrogens is 1. The van der Waals surface area contributed by atoms with Gasteiger partial charge in [-0.1, -0.05) is 36.4 Å². The maximum Gasteiger partial charge on any atom is 0.416 e. The Balaban J connectivity index is 1.63. The van der Waals surface area contributed by atoms with Crippen LogP contribution in [0.3, 0.4) is 0 Å². The van der Waals surface area contributed by atoms with E-state index < -0.39 is 11.7 Å². The standard InChI is InChI=1S/C26H22F4N2O/c1-17-2-7-20-13-21(25(33)31-24(20)12-17)16-32(15-19-5-10-23(27)11-6-19)14-18-3-8-22(9-4-18)26(28,29)30/h2-13H,14-16H2,1H3,(H,31,33). The van der Waals surface area contributed by atoms with Crippen molar-refractivity contribution in [2.24, 2.45) is 0 Å². The molecule has 1 heterocycles. The summed E-state index contributed by atoms with van der Waals surface area (Å²) in [4.78, 5) is 17.6. The van der Waals surface area contributed by atoms with E-state index in [0.29, 0.717) is 24.2 Å². The van der Waals surface area contributed by atoms with Gasteiger partial charge >= 0.3 is 6.18 Å². The van der Waals surface area contributed by atoms with Crippen molar-refractivity contribution in [3.05, 3.63) is 117 Å². The second kappa shape index (κ2) is 9.19. The van der Waals surface area contributed by atoms with Gasteiger partial charge in [0.05, 0.1) is 5.56 Å². The van der Waals surface area contributed by atoms with Crippen LogP contribution in [0.25, 0.3) is 10.9 Å². The predicted octanol–water partition coefficient (Wildman–Crippen LogP) is 6.20. The highest BCUT2D eigenvalue weighted by Crippen LogP contribution is 2.29. The van der Waals surface area contributed by atoms with Crippen molar-refractivity contribution in [2.45, 2.75) is 32.7 Å². The van der Waals surface area contributed by atoms with E-state index >= 15 is 0 Å². The molecular formula is C26H22F4N2O. The van der Waals surface area contributed by atoms with Crippen molar-refractivity contribution in [1.82, 2.24) is 9.88 Å². The molecule has 1 N–H and O–H groups in total. The van der Waals surface area contributed by atoms with E-state index in [2.05, 4.69) is 4.98 Å². The highest BCUT2D eigenvalue weighted by atomic mass is 19.4. The van der Waals surface area contributed by atoms with Gasteiger partial charge < -0.3 is 4.98 Å². The molecule has 3 nitrogen and oxygen atoms in total. The van der Waals surface area contributed by atoms with Crippen LogP contribution in [-0.2, 0) is 25.8 Å². The average molecular weight is 454 g/mol. The second-order valence-electron chi connectivity index (χ2n) is 8.18. The van der Waals surface area contributed by atoms with Crippen LogP contribution in [0.1, 0.15) is 27.8 Å². The first-order chi connectivity index (χ1) is 15.7. The summed E-state index contributed by atoms with van der Waals surface area (Å²) >= 11 is 0. The fourth-order valence-electron chi connectivity index (χ4n) is 3.79. The number of hydrogen-bond donors (Lipinski definition) is 1. The maximum atomic E-state index is 13.3. The summed E-state index contributed by atoms with van der Waals surface area (Å²) in [6, 6.07) is 18.6. The van der Waals surface area contributed by atoms with Gasteiger partial charge in [0.1, 0.15) is 5.82 Å². The zero-order valence-corrected chi connectivity index (χ0v) is 17.9. The van der Waals surface area contributed by atoms with Crippen molar-refractivity contribution in [2.75, 3.05) is 0 Å². The molecule has 0 unspecified atom stereocenters. The molecule has 0 spiro atoms. The van der Waals surface area contributed by atoms with Crippen LogP contribution < -0.4 is 5.56 Å². The first-order valence-corrected chi connectivity index (χ1v) is 10.4. The number of alkyl halides is 3. The molecule has 0 fully saturated rings. The molecule has 0 atom stereocenters. The third kappa shape index (κ3) is 5.68. The Morgan fingerprint density at radius 3 is 2.03 bits per heavy atom. The lowest BCUT2D eigenvalue weighted by molar-refractivity contribution is -0.137. The fourth-order valence-corrected chi connectivity index (χ4v) is 3.79. The molecule has 0 saturated carbocycles. The smallest absolute Gasteiger partial charge is 0.322 e. The summed E-state index contributed by atoms with van der Waals surface area (Å²) in [6.45, 7) is 2.94. The summed E-state index contributed by atoms with van der Waals surface area (Å²) in [5.41, 5.74) is 2.90. The van der Waals surface area contributed by atoms with E-state index in [4.69, 9.17) is 0 Å². The van der Waals surface area contributed by atoms with Gasteiger partial charge in [0.15, 0.2) is 0 Å². The van der Waals surface area contributed by atoms with Crippen LogP contribution in [-0.4, -0.2) is 9.88 Å². The van der Waals surface area contributed by atoms with E-state index in [-0.39, 0.29) is 17.9 Å². The molecule has 0 aliphatic rings. The first-order valence-electron chi connectivity index (χ1n) is 10.4. The molecule has 7 heteroatoms. The van der Waals surface area contributed by atoms with Crippen LogP contribution in [0.5, 0.6) is 0 Å². The lowest BCUT2D eigenvalue weighted by Gasteiger charge is -2.23. The third-order valence-corrected chi connectivity index (χ3v) is 5.48. The minimum atomic E-state index is -4.40. The number of aromatic amines is 1. The van der Waals surface area contributed by atoms with Gasteiger partial charge in [-0.25, -0.2) is 4.39 Å². The Hall–Kier alpha value is -3.45. The van der Waals surface area contributed by atoms with E-state index in [1.165, 1.54) is 24.3 Å². The predicted molar refractivity (Wildman–Crippen MR) is 120 cm³/mol. The number of rotatable bonds is 6. The zero-order chi connectivity index (χ0) is 23.6. The van der Waals surface area contributed by atoms with E-state index in [1.807, 2.05) is 36.1 Å². The molecule has 0 amide bonds. The first kappa shape index (κ1) is 22.7. The number of aryl methyl sites for hydroxylation is 1. The Bertz CT molecular complexity index is 1310. The summed E-state index contributed by atoms with van der Waals surface area (Å²) < 4.78 is 52.1. The van der Waals surface area contributed by atoms with E-state index in [0.717, 1.165) is 34.2 Å². The van der Waals surface area contributed by atoms with Crippen LogP contribution in [0, 0.1) is 12.7 Å². The number of benzene rings is 3. The molecular weight excluding hydrogens is 432 g/mol. The average Bonchev–Trinajstić information content (AvgIpc) is 2.76. The number of nitrogens with zero attached hydrogens (tertiary/aromatic N) is 1. The van der Waals surface area contributed by atoms with Gasteiger partial charge in [-0.15, -0.1) is 0 Å². The van der Waals surface area contributed by atoms with Crippen LogP contribution in [0.4, 0.5) is 17.6 Å². The van der Waals surface area contributed by atoms with Crippen LogP contribution in [0.15, 0.2) is 77.6 Å². The Kier molecular flexibility index (Phi) is 6.33. The summed E-state index contributed by atoms with van der Waals surface area (Å²) in [6.07, 6.45) is -4.40. The zero-order valence-electron chi connectivity index (χ0n) is 17.9. The molecule has 0 saturated heterocycles. The van der Waals surface area contributed by atoms with Gasteiger partial charge in [0.25, 0.3) is 5.56 Å². The SMILES string of the molecule is Cc1ccc2cc(CN(Cc3ccc(F)cc3)Cc3ccc(C(F)(F)F)cc3)c(=O)[nH]c2c1. The molecule has 0 aliphatic carbocycles. The summed E-state index contributed by atoms with van der Waals surface area (Å²) in [5.74, 6) is -0.352. The number of nitrogens with one attached hydrogen (secondary N) is 1. The lowest BCUT2D eigenvalue weighted by Crippen LogP contribution is -2.26. The second-order valence-corrected chi connectivity index (χ2v) is 8.18. The van der Waals surface area contributed by atoms with Crippen molar-refractivity contribution < 1.29 is 17.6 Å². The van der Waals surface area contributed by atoms with Crippen molar-refractivity contribution in [1.29, 1.82) is 0 Å². The maximum absolute atomic E-state index is 13.3. The van der Waals surface area contributed by atoms with Gasteiger partial charge in [-0.05, 0) is 65.4 Å². The highest BCUT2D eigenvalue weighted by Gasteiger charge is 2.30. The fraction of sp³-hybridized carbons (Fsp3) is 0.192. The van der Waals surface area contributed by atoms with Crippen molar-refractivity contribution in [3.63, 3.8) is 0 Å². The Morgan fingerprint density at radius 1 is 0.818 bits per heavy atom. The van der Waals surface area contributed by atoms with Gasteiger partial charge in [0, 0.05) is 30.7 Å². The molecule has 0 bridgehead atoms. The van der Waals surface area contributed by atoms with Gasteiger partial charge in [0.2, 0.25) is 0 Å². The molecule has 1 aromatic heterocycles. The number of fused-ring (bicyclic) bond motifs is 1. The third-order valence-electron chi connectivity index (χ3n) is 5.48. The molecule has 0 radical (unpaired) electrons. The number of hydrogen-bond acceptors (Lipinski definition) is 2. The Morgan fingerprint density at radius 2 is 1.42 bits per heavy atom. The number of halogens is 4. The van der Waals surface area contributed by atoms with Gasteiger partial charge in [-0.3, -0.25) is 9.69 Å². The monoisotopic (exact) mass is 454 g/mol. The largest absolute Gasteiger partial charge is 0.416 e. The molecule has 33 heavy (non-hydrogen) atoms. The number of aromatic nitrogens is 1. The lowest BCUT2D eigenvalue weighted by atomic mass is 10.1. The van der Waals surface area contributed by atoms with Crippen molar-refractivity contribution >= 4 is 10.9 Å². The Labute approximate surface area is 188 Å². The summed E-state index contributed by atoms with van der Waals surface area (Å²) in [5, 5.41) is 0.895. The summed E-state index contributed by atoms with van der Waals surface area (Å²) in [7, 11) is 0. The molecule has 0 aliphatic heterocycles. The molecule has 3 aromatic carbocycles. The van der Waals surface area contributed by atoms with Crippen molar-refractivity contribution in [3.8, 4) is 0 Å². The van der Waals surface area contributed by atoms with Crippen LogP contribution in [0.2, 0.25) is 0 Å². The quantitative estimate of drug-likeness (QED) is 0.352. The molecule has 4 rings (SSSR count). The normalized spacial score (nSPS) is 11.9. The van der Waals surface area contributed by atoms with Crippen LogP contribution >= 0.6 is 0 Å². The van der Waals surface area contributed by atoms with E-state index in [9.17, 15) is 22.4 Å². The topological polar surface area (TPSA) is 36.1 Å².